The van der Waals surface area contributed by atoms with Crippen LogP contribution in [0, 0.1) is 0 Å². The number of pyridine rings is 1. The number of esters is 1. The maximum atomic E-state index is 11.8. The second-order valence-electron chi connectivity index (χ2n) is 4.44. The Kier molecular flexibility index (Phi) is 3.88. The molecule has 0 spiro atoms. The van der Waals surface area contributed by atoms with Gasteiger partial charge in [-0.3, -0.25) is 4.98 Å². The van der Waals surface area contributed by atoms with Gasteiger partial charge in [-0.05, 0) is 25.1 Å². The van der Waals surface area contributed by atoms with Crippen LogP contribution < -0.4 is 5.32 Å². The molecule has 0 fully saturated rings. The molecule has 22 heavy (non-hydrogen) atoms. The first-order chi connectivity index (χ1) is 10.7. The van der Waals surface area contributed by atoms with E-state index in [9.17, 15) is 4.79 Å². The number of nitrogens with one attached hydrogen (secondary N) is 2. The van der Waals surface area contributed by atoms with Gasteiger partial charge in [0, 0.05) is 10.4 Å². The third-order valence-corrected chi connectivity index (χ3v) is 3.17. The Morgan fingerprint density at radius 1 is 1.41 bits per heavy atom. The first-order valence-electron chi connectivity index (χ1n) is 6.58. The molecule has 3 aromatic rings. The van der Waals surface area contributed by atoms with Crippen molar-refractivity contribution in [2.75, 3.05) is 11.9 Å². The molecule has 2 heterocycles. The number of aromatic nitrogens is 4. The van der Waals surface area contributed by atoms with Crippen LogP contribution in [0.2, 0.25) is 5.02 Å². The molecule has 0 unspecified atom stereocenters. The summed E-state index contributed by atoms with van der Waals surface area (Å²) in [6.45, 7) is 2.00. The molecular formula is C14H12ClN5O2. The largest absolute Gasteiger partial charge is 0.461 e. The van der Waals surface area contributed by atoms with Gasteiger partial charge >= 0.3 is 5.97 Å². The molecule has 112 valence electrons. The molecule has 0 saturated heterocycles. The molecular weight excluding hydrogens is 306 g/mol. The van der Waals surface area contributed by atoms with Gasteiger partial charge in [-0.2, -0.15) is 0 Å². The van der Waals surface area contributed by atoms with Gasteiger partial charge in [-0.25, -0.2) is 9.89 Å². The van der Waals surface area contributed by atoms with Crippen molar-refractivity contribution in [3.63, 3.8) is 0 Å². The molecule has 0 aliphatic heterocycles. The van der Waals surface area contributed by atoms with Crippen LogP contribution >= 0.6 is 11.6 Å². The Balaban J connectivity index is 1.89. The van der Waals surface area contributed by atoms with Crippen molar-refractivity contribution in [1.82, 2.24) is 20.4 Å². The number of hydrogen-bond donors (Lipinski definition) is 2. The number of rotatable bonds is 4. The average molecular weight is 318 g/mol. The van der Waals surface area contributed by atoms with Crippen LogP contribution in [0.1, 0.15) is 17.4 Å². The zero-order chi connectivity index (χ0) is 15.5. The van der Waals surface area contributed by atoms with E-state index in [0.29, 0.717) is 10.7 Å². The molecule has 1 aromatic carbocycles. The minimum Gasteiger partial charge on any atom is -0.461 e. The van der Waals surface area contributed by atoms with E-state index in [2.05, 4.69) is 25.7 Å². The third-order valence-electron chi connectivity index (χ3n) is 2.94. The number of carbonyl (C=O) groups excluding carboxylic acids is 1. The Morgan fingerprint density at radius 2 is 2.27 bits per heavy atom. The molecule has 0 bridgehead atoms. The first kappa shape index (κ1) is 14.3. The van der Waals surface area contributed by atoms with E-state index in [-0.39, 0.29) is 18.1 Å². The van der Waals surface area contributed by atoms with Crippen LogP contribution in [-0.4, -0.2) is 33.0 Å². The lowest BCUT2D eigenvalue weighted by molar-refractivity contribution is 0.0520. The number of ether oxygens (including phenoxy) is 1. The number of halogens is 1. The number of hydrogen-bond acceptors (Lipinski definition) is 6. The van der Waals surface area contributed by atoms with Crippen molar-refractivity contribution >= 4 is 40.0 Å². The maximum absolute atomic E-state index is 11.8. The molecule has 0 saturated carbocycles. The number of fused-ring (bicyclic) bond motifs is 1. The highest BCUT2D eigenvalue weighted by atomic mass is 35.5. The molecule has 0 aliphatic carbocycles. The average Bonchev–Trinajstić information content (AvgIpc) is 2.96. The van der Waals surface area contributed by atoms with E-state index in [4.69, 9.17) is 16.3 Å². The van der Waals surface area contributed by atoms with Crippen molar-refractivity contribution in [1.29, 1.82) is 0 Å². The van der Waals surface area contributed by atoms with Crippen LogP contribution in [0.3, 0.4) is 0 Å². The SMILES string of the molecule is CCOC(=O)c1[nH]nnc1Nc1cnc2cc(Cl)ccc2c1. The summed E-state index contributed by atoms with van der Waals surface area (Å²) in [5, 5.41) is 14.5. The zero-order valence-corrected chi connectivity index (χ0v) is 12.4. The lowest BCUT2D eigenvalue weighted by Gasteiger charge is -2.06. The summed E-state index contributed by atoms with van der Waals surface area (Å²) in [7, 11) is 0. The topological polar surface area (TPSA) is 92.8 Å². The number of aromatic amines is 1. The molecule has 2 aromatic heterocycles. The van der Waals surface area contributed by atoms with Crippen molar-refractivity contribution in [2.45, 2.75) is 6.92 Å². The summed E-state index contributed by atoms with van der Waals surface area (Å²) in [5.41, 5.74) is 1.62. The fourth-order valence-electron chi connectivity index (χ4n) is 1.96. The van der Waals surface area contributed by atoms with Crippen LogP contribution in [-0.2, 0) is 4.74 Å². The van der Waals surface area contributed by atoms with Gasteiger partial charge in [0.05, 0.1) is 24.0 Å². The highest BCUT2D eigenvalue weighted by Crippen LogP contribution is 2.23. The predicted molar refractivity (Wildman–Crippen MR) is 82.4 cm³/mol. The number of benzene rings is 1. The molecule has 7 nitrogen and oxygen atoms in total. The van der Waals surface area contributed by atoms with Crippen LogP contribution in [0.5, 0.6) is 0 Å². The van der Waals surface area contributed by atoms with Crippen molar-refractivity contribution < 1.29 is 9.53 Å². The van der Waals surface area contributed by atoms with E-state index in [1.165, 1.54) is 0 Å². The zero-order valence-electron chi connectivity index (χ0n) is 11.6. The standard InChI is InChI=1S/C14H12ClN5O2/c1-2-22-14(21)12-13(19-20-18-12)17-10-5-8-3-4-9(15)6-11(8)16-7-10/h3-7H,2H2,1H3,(H2,17,18,19,20). The summed E-state index contributed by atoms with van der Waals surface area (Å²) in [6.07, 6.45) is 1.63. The summed E-state index contributed by atoms with van der Waals surface area (Å²) < 4.78 is 4.93. The maximum Gasteiger partial charge on any atom is 0.360 e. The normalized spacial score (nSPS) is 10.6. The molecule has 0 amide bonds. The van der Waals surface area contributed by atoms with Crippen molar-refractivity contribution in [3.05, 3.63) is 41.2 Å². The highest BCUT2D eigenvalue weighted by Gasteiger charge is 2.17. The van der Waals surface area contributed by atoms with E-state index in [0.717, 1.165) is 10.9 Å². The van der Waals surface area contributed by atoms with Gasteiger partial charge in [0.1, 0.15) is 0 Å². The molecule has 0 aliphatic rings. The van der Waals surface area contributed by atoms with Gasteiger partial charge in [0.25, 0.3) is 0 Å². The Morgan fingerprint density at radius 3 is 3.09 bits per heavy atom. The van der Waals surface area contributed by atoms with Gasteiger partial charge in [-0.15, -0.1) is 5.10 Å². The first-order valence-corrected chi connectivity index (χ1v) is 6.95. The molecule has 0 atom stereocenters. The molecule has 8 heteroatoms. The number of nitrogens with zero attached hydrogens (tertiary/aromatic N) is 3. The van der Waals surface area contributed by atoms with Crippen molar-refractivity contribution in [3.8, 4) is 0 Å². The smallest absolute Gasteiger partial charge is 0.360 e. The Bertz CT molecular complexity index is 833. The minimum atomic E-state index is -0.518. The monoisotopic (exact) mass is 317 g/mol. The van der Waals surface area contributed by atoms with E-state index < -0.39 is 5.97 Å². The third kappa shape index (κ3) is 2.84. The van der Waals surface area contributed by atoms with E-state index >= 15 is 0 Å². The van der Waals surface area contributed by atoms with E-state index in [1.807, 2.05) is 12.1 Å². The lowest BCUT2D eigenvalue weighted by atomic mass is 10.2. The fourth-order valence-corrected chi connectivity index (χ4v) is 2.13. The van der Waals surface area contributed by atoms with Gasteiger partial charge < -0.3 is 10.1 Å². The second kappa shape index (κ2) is 5.98. The fraction of sp³-hybridized carbons (Fsp3) is 0.143. The quantitative estimate of drug-likeness (QED) is 0.719. The van der Waals surface area contributed by atoms with Gasteiger partial charge in [0.15, 0.2) is 11.5 Å². The van der Waals surface area contributed by atoms with Crippen molar-refractivity contribution in [2.24, 2.45) is 0 Å². The van der Waals surface area contributed by atoms with Gasteiger partial charge in [0.2, 0.25) is 0 Å². The second-order valence-corrected chi connectivity index (χ2v) is 4.88. The molecule has 2 N–H and O–H groups in total. The predicted octanol–water partition coefficient (Wildman–Crippen LogP) is 2.93. The van der Waals surface area contributed by atoms with Crippen LogP contribution in [0.25, 0.3) is 10.9 Å². The number of carbonyl (C=O) groups is 1. The Hall–Kier alpha value is -2.67. The summed E-state index contributed by atoms with van der Waals surface area (Å²) >= 11 is 5.93. The number of anilines is 2. The van der Waals surface area contributed by atoms with E-state index in [1.54, 1.807) is 25.3 Å². The number of H-pyrrole nitrogens is 1. The molecule has 0 radical (unpaired) electrons. The van der Waals surface area contributed by atoms with Gasteiger partial charge in [-0.1, -0.05) is 22.9 Å². The minimum absolute atomic E-state index is 0.165. The summed E-state index contributed by atoms with van der Waals surface area (Å²) in [6, 6.07) is 7.31. The Labute approximate surface area is 130 Å². The highest BCUT2D eigenvalue weighted by molar-refractivity contribution is 6.31. The van der Waals surface area contributed by atoms with Crippen LogP contribution in [0.4, 0.5) is 11.5 Å². The summed E-state index contributed by atoms with van der Waals surface area (Å²) in [4.78, 5) is 16.1. The lowest BCUT2D eigenvalue weighted by Crippen LogP contribution is -2.08. The summed E-state index contributed by atoms with van der Waals surface area (Å²) in [5.74, 6) is -0.232. The molecule has 3 rings (SSSR count). The van der Waals surface area contributed by atoms with Crippen LogP contribution in [0.15, 0.2) is 30.5 Å².